The number of H-pyrrole nitrogens is 1. The van der Waals surface area contributed by atoms with Crippen molar-refractivity contribution in [2.75, 3.05) is 18.5 Å². The van der Waals surface area contributed by atoms with E-state index in [0.717, 1.165) is 17.9 Å². The van der Waals surface area contributed by atoms with E-state index < -0.39 is 0 Å². The summed E-state index contributed by atoms with van der Waals surface area (Å²) in [6.07, 6.45) is 3.50. The van der Waals surface area contributed by atoms with Crippen LogP contribution in [0.3, 0.4) is 0 Å². The van der Waals surface area contributed by atoms with Crippen LogP contribution in [-0.4, -0.2) is 44.7 Å². The molecule has 0 amide bonds. The molecule has 0 radical (unpaired) electrons. The average Bonchev–Trinajstić information content (AvgIpc) is 2.73. The van der Waals surface area contributed by atoms with Gasteiger partial charge in [-0.05, 0) is 13.3 Å². The first kappa shape index (κ1) is 10.8. The third-order valence-electron chi connectivity index (χ3n) is 2.45. The molecule has 0 aliphatic rings. The fraction of sp³-hybridized carbons (Fsp3) is 0.500. The van der Waals surface area contributed by atoms with E-state index in [1.807, 2.05) is 11.9 Å². The number of anilines is 1. The molecule has 86 valence electrons. The number of aromatic amines is 1. The van der Waals surface area contributed by atoms with Gasteiger partial charge in [0.2, 0.25) is 0 Å². The maximum Gasteiger partial charge on any atom is 0.182 e. The molecule has 0 saturated heterocycles. The molecule has 0 aliphatic heterocycles. The van der Waals surface area contributed by atoms with Crippen LogP contribution in [0.15, 0.2) is 12.7 Å². The van der Waals surface area contributed by atoms with Gasteiger partial charge in [0.05, 0.1) is 12.4 Å². The molecule has 1 unspecified atom stereocenters. The number of aromatic nitrogens is 4. The maximum atomic E-state index is 9.24. The number of aliphatic hydroxyl groups is 1. The van der Waals surface area contributed by atoms with Gasteiger partial charge in [-0.15, -0.1) is 0 Å². The minimum Gasteiger partial charge on any atom is -0.393 e. The number of nitrogens with zero attached hydrogens (tertiary/aromatic N) is 4. The zero-order chi connectivity index (χ0) is 11.5. The molecule has 2 rings (SSSR count). The second kappa shape index (κ2) is 4.44. The van der Waals surface area contributed by atoms with E-state index >= 15 is 0 Å². The number of hydrogen-bond acceptors (Lipinski definition) is 5. The minimum absolute atomic E-state index is 0.304. The topological polar surface area (TPSA) is 77.9 Å². The Kier molecular flexibility index (Phi) is 3.00. The van der Waals surface area contributed by atoms with E-state index in [4.69, 9.17) is 0 Å². The van der Waals surface area contributed by atoms with Crippen LogP contribution in [0.4, 0.5) is 5.82 Å². The van der Waals surface area contributed by atoms with Gasteiger partial charge in [-0.3, -0.25) is 0 Å². The van der Waals surface area contributed by atoms with Crippen LogP contribution in [0.5, 0.6) is 0 Å². The summed E-state index contributed by atoms with van der Waals surface area (Å²) >= 11 is 0. The monoisotopic (exact) mass is 221 g/mol. The Bertz CT molecular complexity index is 467. The van der Waals surface area contributed by atoms with Gasteiger partial charge < -0.3 is 15.0 Å². The Hall–Kier alpha value is -1.69. The lowest BCUT2D eigenvalue weighted by Gasteiger charge is -2.18. The van der Waals surface area contributed by atoms with Crippen molar-refractivity contribution in [3.8, 4) is 0 Å². The van der Waals surface area contributed by atoms with E-state index in [1.54, 1.807) is 13.3 Å². The van der Waals surface area contributed by atoms with Crippen molar-refractivity contribution in [1.29, 1.82) is 0 Å². The van der Waals surface area contributed by atoms with Crippen LogP contribution in [0.1, 0.15) is 13.3 Å². The van der Waals surface area contributed by atoms with E-state index in [9.17, 15) is 5.11 Å². The van der Waals surface area contributed by atoms with Crippen molar-refractivity contribution in [1.82, 2.24) is 19.9 Å². The molecule has 2 aromatic heterocycles. The Morgan fingerprint density at radius 1 is 1.44 bits per heavy atom. The lowest BCUT2D eigenvalue weighted by molar-refractivity contribution is 0.187. The summed E-state index contributed by atoms with van der Waals surface area (Å²) in [4.78, 5) is 17.3. The number of fused-ring (bicyclic) bond motifs is 1. The van der Waals surface area contributed by atoms with Crippen LogP contribution in [0, 0.1) is 0 Å². The molecule has 1 atom stereocenters. The van der Waals surface area contributed by atoms with Gasteiger partial charge in [0.15, 0.2) is 11.5 Å². The highest BCUT2D eigenvalue weighted by Gasteiger charge is 2.10. The molecule has 6 nitrogen and oxygen atoms in total. The summed E-state index contributed by atoms with van der Waals surface area (Å²) in [5.74, 6) is 0.808. The average molecular weight is 221 g/mol. The highest BCUT2D eigenvalue weighted by Crippen LogP contribution is 2.18. The summed E-state index contributed by atoms with van der Waals surface area (Å²) in [6, 6.07) is 0. The first-order valence-corrected chi connectivity index (χ1v) is 5.21. The summed E-state index contributed by atoms with van der Waals surface area (Å²) < 4.78 is 0. The SMILES string of the molecule is CC(O)CCN(C)c1ncnc2nc[nH]c12. The van der Waals surface area contributed by atoms with Crippen LogP contribution in [0.25, 0.3) is 11.2 Å². The Labute approximate surface area is 93.4 Å². The van der Waals surface area contributed by atoms with Crippen molar-refractivity contribution >= 4 is 17.0 Å². The molecule has 2 heterocycles. The molecule has 0 saturated carbocycles. The summed E-state index contributed by atoms with van der Waals surface area (Å²) in [5.41, 5.74) is 1.49. The Morgan fingerprint density at radius 3 is 3.00 bits per heavy atom. The molecular formula is C10H15N5O. The summed E-state index contributed by atoms with van der Waals surface area (Å²) in [5, 5.41) is 9.24. The summed E-state index contributed by atoms with van der Waals surface area (Å²) in [6.45, 7) is 2.52. The lowest BCUT2D eigenvalue weighted by Crippen LogP contribution is -2.23. The van der Waals surface area contributed by atoms with Crippen molar-refractivity contribution in [3.63, 3.8) is 0 Å². The smallest absolute Gasteiger partial charge is 0.182 e. The predicted octanol–water partition coefficient (Wildman–Crippen LogP) is 0.560. The second-order valence-electron chi connectivity index (χ2n) is 3.86. The third kappa shape index (κ3) is 2.11. The first-order chi connectivity index (χ1) is 7.68. The zero-order valence-electron chi connectivity index (χ0n) is 9.38. The molecule has 0 spiro atoms. The van der Waals surface area contributed by atoms with E-state index in [-0.39, 0.29) is 6.10 Å². The van der Waals surface area contributed by atoms with Crippen molar-refractivity contribution in [3.05, 3.63) is 12.7 Å². The number of nitrogens with one attached hydrogen (secondary N) is 1. The van der Waals surface area contributed by atoms with Gasteiger partial charge in [-0.2, -0.15) is 0 Å². The van der Waals surface area contributed by atoms with Gasteiger partial charge in [0, 0.05) is 13.6 Å². The van der Waals surface area contributed by atoms with Crippen molar-refractivity contribution < 1.29 is 5.11 Å². The van der Waals surface area contributed by atoms with Gasteiger partial charge >= 0.3 is 0 Å². The van der Waals surface area contributed by atoms with Crippen molar-refractivity contribution in [2.45, 2.75) is 19.4 Å². The van der Waals surface area contributed by atoms with Gasteiger partial charge in [-0.1, -0.05) is 0 Å². The first-order valence-electron chi connectivity index (χ1n) is 5.21. The highest BCUT2D eigenvalue weighted by atomic mass is 16.3. The molecule has 6 heteroatoms. The highest BCUT2D eigenvalue weighted by molar-refractivity contribution is 5.82. The van der Waals surface area contributed by atoms with Crippen LogP contribution < -0.4 is 4.90 Å². The number of hydrogen-bond donors (Lipinski definition) is 2. The Morgan fingerprint density at radius 2 is 2.25 bits per heavy atom. The lowest BCUT2D eigenvalue weighted by atomic mass is 10.3. The maximum absolute atomic E-state index is 9.24. The number of rotatable bonds is 4. The largest absolute Gasteiger partial charge is 0.393 e. The molecule has 2 aromatic rings. The molecule has 0 aliphatic carbocycles. The summed E-state index contributed by atoms with van der Waals surface area (Å²) in [7, 11) is 1.94. The van der Waals surface area contributed by atoms with Gasteiger partial charge in [0.1, 0.15) is 11.8 Å². The molecular weight excluding hydrogens is 206 g/mol. The third-order valence-corrected chi connectivity index (χ3v) is 2.45. The molecule has 0 fully saturated rings. The van der Waals surface area contributed by atoms with Gasteiger partial charge in [-0.25, -0.2) is 15.0 Å². The van der Waals surface area contributed by atoms with Crippen LogP contribution in [-0.2, 0) is 0 Å². The zero-order valence-corrected chi connectivity index (χ0v) is 9.38. The quantitative estimate of drug-likeness (QED) is 0.788. The molecule has 0 bridgehead atoms. The molecule has 0 aromatic carbocycles. The fourth-order valence-electron chi connectivity index (χ4n) is 1.53. The number of imidazole rings is 1. The van der Waals surface area contributed by atoms with E-state index in [2.05, 4.69) is 19.9 Å². The predicted molar refractivity (Wildman–Crippen MR) is 61.3 cm³/mol. The minimum atomic E-state index is -0.304. The molecule has 16 heavy (non-hydrogen) atoms. The fourth-order valence-corrected chi connectivity index (χ4v) is 1.53. The van der Waals surface area contributed by atoms with E-state index in [0.29, 0.717) is 12.1 Å². The number of aliphatic hydroxyl groups excluding tert-OH is 1. The van der Waals surface area contributed by atoms with Crippen molar-refractivity contribution in [2.24, 2.45) is 0 Å². The standard InChI is InChI=1S/C10H15N5O/c1-7(16)3-4-15(2)10-8-9(12-5-11-8)13-6-14-10/h5-7,16H,3-4H2,1-2H3,(H,11,12,13,14). The van der Waals surface area contributed by atoms with Gasteiger partial charge in [0.25, 0.3) is 0 Å². The molecule has 2 N–H and O–H groups in total. The van der Waals surface area contributed by atoms with E-state index in [1.165, 1.54) is 6.33 Å². The second-order valence-corrected chi connectivity index (χ2v) is 3.86. The normalized spacial score (nSPS) is 12.9. The van der Waals surface area contributed by atoms with Crippen LogP contribution in [0.2, 0.25) is 0 Å². The Balaban J connectivity index is 2.22. The van der Waals surface area contributed by atoms with Crippen LogP contribution >= 0.6 is 0 Å².